The van der Waals surface area contributed by atoms with Crippen molar-refractivity contribution in [2.24, 2.45) is 0 Å². The molecule has 4 rings (SSSR count). The molecule has 0 saturated carbocycles. The summed E-state index contributed by atoms with van der Waals surface area (Å²) in [5, 5.41) is 3.57. The SMILES string of the molecule is Cc1cccc(N2CCN(CC(=O)NN3C(=O)NC(C)(CCc4ccccc4)C3=O)CC2)c1. The Morgan fingerprint density at radius 2 is 1.76 bits per heavy atom. The van der Waals surface area contributed by atoms with Crippen molar-refractivity contribution in [1.82, 2.24) is 20.7 Å². The van der Waals surface area contributed by atoms with Crippen LogP contribution in [0.4, 0.5) is 10.5 Å². The number of imide groups is 1. The first-order valence-corrected chi connectivity index (χ1v) is 11.4. The van der Waals surface area contributed by atoms with Gasteiger partial charge in [-0.25, -0.2) is 4.79 Å². The fourth-order valence-corrected chi connectivity index (χ4v) is 4.35. The first-order chi connectivity index (χ1) is 15.8. The highest BCUT2D eigenvalue weighted by atomic mass is 16.2. The summed E-state index contributed by atoms with van der Waals surface area (Å²) in [6, 6.07) is 17.6. The molecule has 2 aromatic rings. The number of urea groups is 1. The van der Waals surface area contributed by atoms with Crippen molar-refractivity contribution in [1.29, 1.82) is 0 Å². The Hall–Kier alpha value is -3.39. The quantitative estimate of drug-likeness (QED) is 0.633. The molecule has 2 aliphatic heterocycles. The van der Waals surface area contributed by atoms with Crippen LogP contribution in [-0.2, 0) is 16.0 Å². The van der Waals surface area contributed by atoms with Crippen molar-refractivity contribution in [3.8, 4) is 0 Å². The number of benzene rings is 2. The van der Waals surface area contributed by atoms with E-state index in [1.165, 1.54) is 11.3 Å². The summed E-state index contributed by atoms with van der Waals surface area (Å²) >= 11 is 0. The summed E-state index contributed by atoms with van der Waals surface area (Å²) < 4.78 is 0. The van der Waals surface area contributed by atoms with Gasteiger partial charge in [0.15, 0.2) is 0 Å². The molecule has 0 spiro atoms. The maximum Gasteiger partial charge on any atom is 0.344 e. The van der Waals surface area contributed by atoms with Gasteiger partial charge in [0.2, 0.25) is 0 Å². The van der Waals surface area contributed by atoms with E-state index in [2.05, 4.69) is 46.8 Å². The van der Waals surface area contributed by atoms with Gasteiger partial charge in [-0.2, -0.15) is 5.01 Å². The molecule has 8 heteroatoms. The van der Waals surface area contributed by atoms with Gasteiger partial charge in [0, 0.05) is 31.9 Å². The van der Waals surface area contributed by atoms with Crippen LogP contribution in [0.1, 0.15) is 24.5 Å². The van der Waals surface area contributed by atoms with Gasteiger partial charge in [0.1, 0.15) is 5.54 Å². The predicted octanol–water partition coefficient (Wildman–Crippen LogP) is 2.09. The predicted molar refractivity (Wildman–Crippen MR) is 127 cm³/mol. The molecule has 1 atom stereocenters. The molecule has 2 heterocycles. The summed E-state index contributed by atoms with van der Waals surface area (Å²) in [5.74, 6) is -0.795. The fourth-order valence-electron chi connectivity index (χ4n) is 4.35. The van der Waals surface area contributed by atoms with Gasteiger partial charge in [-0.1, -0.05) is 42.5 Å². The summed E-state index contributed by atoms with van der Waals surface area (Å²) in [7, 11) is 0. The number of hydrogen-bond acceptors (Lipinski definition) is 5. The minimum Gasteiger partial charge on any atom is -0.369 e. The van der Waals surface area contributed by atoms with E-state index < -0.39 is 17.5 Å². The molecule has 2 saturated heterocycles. The standard InChI is InChI=1S/C25H31N5O3/c1-19-7-6-10-21(17-19)29-15-13-28(14-16-29)18-22(31)27-30-23(32)25(2,26-24(30)33)12-11-20-8-4-3-5-9-20/h3-10,17H,11-16,18H2,1-2H3,(H,26,33)(H,27,31). The fraction of sp³-hybridized carbons (Fsp3) is 0.400. The van der Waals surface area contributed by atoms with E-state index >= 15 is 0 Å². The third-order valence-corrected chi connectivity index (χ3v) is 6.36. The molecule has 2 aromatic carbocycles. The smallest absolute Gasteiger partial charge is 0.344 e. The number of carbonyl (C=O) groups excluding carboxylic acids is 3. The molecule has 0 bridgehead atoms. The third kappa shape index (κ3) is 5.34. The van der Waals surface area contributed by atoms with Crippen LogP contribution in [0.3, 0.4) is 0 Å². The third-order valence-electron chi connectivity index (χ3n) is 6.36. The first kappa shape index (κ1) is 22.8. The maximum absolute atomic E-state index is 12.9. The number of rotatable bonds is 7. The van der Waals surface area contributed by atoms with Gasteiger partial charge in [-0.15, -0.1) is 0 Å². The molecule has 0 radical (unpaired) electrons. The van der Waals surface area contributed by atoms with Crippen LogP contribution < -0.4 is 15.6 Å². The number of anilines is 1. The highest BCUT2D eigenvalue weighted by Crippen LogP contribution is 2.22. The highest BCUT2D eigenvalue weighted by molar-refractivity contribution is 6.07. The van der Waals surface area contributed by atoms with E-state index in [-0.39, 0.29) is 12.5 Å². The Labute approximate surface area is 194 Å². The van der Waals surface area contributed by atoms with E-state index in [0.717, 1.165) is 36.8 Å². The van der Waals surface area contributed by atoms with Crippen molar-refractivity contribution in [3.05, 3.63) is 65.7 Å². The zero-order valence-electron chi connectivity index (χ0n) is 19.2. The lowest BCUT2D eigenvalue weighted by molar-refractivity contribution is -0.139. The Morgan fingerprint density at radius 3 is 2.45 bits per heavy atom. The summed E-state index contributed by atoms with van der Waals surface area (Å²) in [5.41, 5.74) is 4.96. The molecule has 8 nitrogen and oxygen atoms in total. The number of nitrogens with one attached hydrogen (secondary N) is 2. The second-order valence-electron chi connectivity index (χ2n) is 9.03. The lowest BCUT2D eigenvalue weighted by Gasteiger charge is -2.36. The second kappa shape index (κ2) is 9.62. The van der Waals surface area contributed by atoms with Crippen LogP contribution in [0.2, 0.25) is 0 Å². The second-order valence-corrected chi connectivity index (χ2v) is 9.03. The monoisotopic (exact) mass is 449 g/mol. The van der Waals surface area contributed by atoms with Gasteiger partial charge in [-0.3, -0.25) is 19.9 Å². The average molecular weight is 450 g/mol. The van der Waals surface area contributed by atoms with E-state index in [0.29, 0.717) is 12.8 Å². The molecular weight excluding hydrogens is 418 g/mol. The number of piperazine rings is 1. The van der Waals surface area contributed by atoms with Crippen LogP contribution in [0.25, 0.3) is 0 Å². The van der Waals surface area contributed by atoms with Crippen LogP contribution in [0.15, 0.2) is 54.6 Å². The molecular formula is C25H31N5O3. The number of nitrogens with zero attached hydrogens (tertiary/aromatic N) is 3. The Balaban J connectivity index is 1.27. The number of hydrazine groups is 1. The Kier molecular flexibility index (Phi) is 6.65. The van der Waals surface area contributed by atoms with Crippen LogP contribution in [0.5, 0.6) is 0 Å². The van der Waals surface area contributed by atoms with Gasteiger partial charge < -0.3 is 10.2 Å². The summed E-state index contributed by atoms with van der Waals surface area (Å²) in [6.07, 6.45) is 1.10. The summed E-state index contributed by atoms with van der Waals surface area (Å²) in [6.45, 7) is 7.01. The number of carbonyl (C=O) groups is 3. The van der Waals surface area contributed by atoms with Crippen LogP contribution in [0, 0.1) is 6.92 Å². The zero-order valence-corrected chi connectivity index (χ0v) is 19.2. The number of aryl methyl sites for hydroxylation is 2. The largest absolute Gasteiger partial charge is 0.369 e. The molecule has 33 heavy (non-hydrogen) atoms. The van der Waals surface area contributed by atoms with Crippen LogP contribution >= 0.6 is 0 Å². The molecule has 0 aliphatic carbocycles. The number of hydrogen-bond donors (Lipinski definition) is 2. The molecule has 2 aliphatic rings. The van der Waals surface area contributed by atoms with E-state index in [1.54, 1.807) is 6.92 Å². The van der Waals surface area contributed by atoms with Crippen molar-refractivity contribution >= 4 is 23.5 Å². The lowest BCUT2D eigenvalue weighted by Crippen LogP contribution is -2.54. The Bertz CT molecular complexity index is 1020. The zero-order chi connectivity index (χ0) is 23.4. The minimum atomic E-state index is -1.04. The normalized spacial score (nSPS) is 21.3. The lowest BCUT2D eigenvalue weighted by atomic mass is 9.93. The molecule has 2 N–H and O–H groups in total. The minimum absolute atomic E-state index is 0.138. The van der Waals surface area contributed by atoms with Crippen molar-refractivity contribution in [2.45, 2.75) is 32.2 Å². The molecule has 4 amide bonds. The van der Waals surface area contributed by atoms with E-state index in [4.69, 9.17) is 0 Å². The van der Waals surface area contributed by atoms with Gasteiger partial charge in [0.25, 0.3) is 11.8 Å². The van der Waals surface area contributed by atoms with Crippen molar-refractivity contribution in [2.75, 3.05) is 37.6 Å². The summed E-state index contributed by atoms with van der Waals surface area (Å²) in [4.78, 5) is 42.3. The van der Waals surface area contributed by atoms with Crippen molar-refractivity contribution < 1.29 is 14.4 Å². The van der Waals surface area contributed by atoms with Crippen LogP contribution in [-0.4, -0.2) is 66.0 Å². The average Bonchev–Trinajstić information content (AvgIpc) is 3.02. The molecule has 0 aromatic heterocycles. The van der Waals surface area contributed by atoms with Gasteiger partial charge in [-0.05, 0) is 49.9 Å². The van der Waals surface area contributed by atoms with Gasteiger partial charge in [0.05, 0.1) is 6.54 Å². The first-order valence-electron chi connectivity index (χ1n) is 11.4. The highest BCUT2D eigenvalue weighted by Gasteiger charge is 2.48. The van der Waals surface area contributed by atoms with Gasteiger partial charge >= 0.3 is 6.03 Å². The number of amides is 4. The van der Waals surface area contributed by atoms with E-state index in [1.807, 2.05) is 35.2 Å². The molecule has 174 valence electrons. The maximum atomic E-state index is 12.9. The molecule has 1 unspecified atom stereocenters. The molecule has 2 fully saturated rings. The topological polar surface area (TPSA) is 85.0 Å². The van der Waals surface area contributed by atoms with Crippen molar-refractivity contribution in [3.63, 3.8) is 0 Å². The Morgan fingerprint density at radius 1 is 1.03 bits per heavy atom. The van der Waals surface area contributed by atoms with E-state index in [9.17, 15) is 14.4 Å².